The van der Waals surface area contributed by atoms with Crippen molar-refractivity contribution in [1.82, 2.24) is 5.32 Å². The molecule has 0 fully saturated rings. The van der Waals surface area contributed by atoms with E-state index < -0.39 is 10.0 Å². The van der Waals surface area contributed by atoms with Crippen LogP contribution < -0.4 is 10.0 Å². The van der Waals surface area contributed by atoms with Crippen LogP contribution in [-0.2, 0) is 23.1 Å². The van der Waals surface area contributed by atoms with Gasteiger partial charge in [0, 0.05) is 13.1 Å². The smallest absolute Gasteiger partial charge is 0.261 e. The third-order valence-corrected chi connectivity index (χ3v) is 4.93. The summed E-state index contributed by atoms with van der Waals surface area (Å²) in [6, 6.07) is 11.9. The van der Waals surface area contributed by atoms with Gasteiger partial charge in [0.25, 0.3) is 10.0 Å². The van der Waals surface area contributed by atoms with Crippen LogP contribution in [-0.4, -0.2) is 8.42 Å². The monoisotopic (exact) mass is 308 g/mol. The first kappa shape index (κ1) is 13.4. The highest BCUT2D eigenvalue weighted by molar-refractivity contribution is 7.92. The summed E-state index contributed by atoms with van der Waals surface area (Å²) in [6.45, 7) is 1.48. The van der Waals surface area contributed by atoms with Gasteiger partial charge in [-0.05, 0) is 35.4 Å². The van der Waals surface area contributed by atoms with Crippen molar-refractivity contribution >= 4 is 27.3 Å². The second-order valence-electron chi connectivity index (χ2n) is 4.62. The van der Waals surface area contributed by atoms with E-state index >= 15 is 0 Å². The molecule has 104 valence electrons. The molecule has 1 heterocycles. The summed E-state index contributed by atoms with van der Waals surface area (Å²) in [4.78, 5) is 0.250. The van der Waals surface area contributed by atoms with Gasteiger partial charge >= 0.3 is 0 Å². The van der Waals surface area contributed by atoms with Gasteiger partial charge in [-0.1, -0.05) is 29.8 Å². The van der Waals surface area contributed by atoms with Crippen molar-refractivity contribution in [2.75, 3.05) is 4.72 Å². The van der Waals surface area contributed by atoms with Crippen LogP contribution in [0.25, 0.3) is 0 Å². The lowest BCUT2D eigenvalue weighted by molar-refractivity contribution is 0.601. The molecule has 1 aliphatic heterocycles. The Balaban J connectivity index is 1.94. The molecule has 0 bridgehead atoms. The Morgan fingerprint density at radius 3 is 2.60 bits per heavy atom. The van der Waals surface area contributed by atoms with Gasteiger partial charge in [0.1, 0.15) is 0 Å². The molecule has 3 rings (SSSR count). The van der Waals surface area contributed by atoms with Crippen molar-refractivity contribution in [2.24, 2.45) is 0 Å². The lowest BCUT2D eigenvalue weighted by Crippen LogP contribution is -2.13. The van der Waals surface area contributed by atoms with Gasteiger partial charge in [0.05, 0.1) is 15.6 Å². The number of anilines is 1. The third kappa shape index (κ3) is 2.52. The minimum atomic E-state index is -3.62. The highest BCUT2D eigenvalue weighted by Crippen LogP contribution is 2.25. The zero-order chi connectivity index (χ0) is 14.2. The predicted octanol–water partition coefficient (Wildman–Crippen LogP) is 2.74. The highest BCUT2D eigenvalue weighted by atomic mass is 35.5. The molecule has 0 unspecified atom stereocenters. The zero-order valence-electron chi connectivity index (χ0n) is 10.6. The predicted molar refractivity (Wildman–Crippen MR) is 79.2 cm³/mol. The molecule has 0 radical (unpaired) electrons. The largest absolute Gasteiger partial charge is 0.309 e. The zero-order valence-corrected chi connectivity index (χ0v) is 12.1. The maximum atomic E-state index is 12.4. The molecule has 0 saturated heterocycles. The first-order valence-electron chi connectivity index (χ1n) is 6.16. The van der Waals surface area contributed by atoms with Crippen molar-refractivity contribution in [1.29, 1.82) is 0 Å². The van der Waals surface area contributed by atoms with Crippen molar-refractivity contribution < 1.29 is 8.42 Å². The lowest BCUT2D eigenvalue weighted by Gasteiger charge is -2.10. The summed E-state index contributed by atoms with van der Waals surface area (Å²) >= 11 is 5.97. The van der Waals surface area contributed by atoms with Crippen LogP contribution in [0.3, 0.4) is 0 Å². The Morgan fingerprint density at radius 1 is 1.05 bits per heavy atom. The number of hydrogen-bond acceptors (Lipinski definition) is 3. The molecule has 0 spiro atoms. The van der Waals surface area contributed by atoms with Gasteiger partial charge in [-0.25, -0.2) is 8.42 Å². The van der Waals surface area contributed by atoms with Gasteiger partial charge in [-0.3, -0.25) is 4.72 Å². The van der Waals surface area contributed by atoms with E-state index in [0.717, 1.165) is 17.7 Å². The standard InChI is InChI=1S/C14H13ClN2O2S/c15-13-3-1-2-4-14(13)17-20(18,19)12-6-5-10-8-16-9-11(10)7-12/h1-7,16-17H,8-9H2. The minimum absolute atomic E-state index is 0.250. The molecule has 2 aromatic carbocycles. The van der Waals surface area contributed by atoms with Crippen LogP contribution in [0.15, 0.2) is 47.4 Å². The molecule has 0 saturated carbocycles. The van der Waals surface area contributed by atoms with Crippen molar-refractivity contribution in [3.05, 3.63) is 58.6 Å². The third-order valence-electron chi connectivity index (χ3n) is 3.24. The molecule has 2 N–H and O–H groups in total. The number of para-hydroxylation sites is 1. The van der Waals surface area contributed by atoms with Gasteiger partial charge in [0.15, 0.2) is 0 Å². The normalized spacial score (nSPS) is 14.1. The van der Waals surface area contributed by atoms with Crippen LogP contribution in [0.1, 0.15) is 11.1 Å². The van der Waals surface area contributed by atoms with Crippen LogP contribution >= 0.6 is 11.6 Å². The van der Waals surface area contributed by atoms with Crippen molar-refractivity contribution in [3.8, 4) is 0 Å². The maximum Gasteiger partial charge on any atom is 0.261 e. The van der Waals surface area contributed by atoms with E-state index in [1.165, 1.54) is 0 Å². The van der Waals surface area contributed by atoms with Gasteiger partial charge in [0.2, 0.25) is 0 Å². The summed E-state index contributed by atoms with van der Waals surface area (Å²) in [5, 5.41) is 3.56. The Morgan fingerprint density at radius 2 is 1.80 bits per heavy atom. The molecule has 2 aromatic rings. The molecule has 1 aliphatic rings. The Kier molecular flexibility index (Phi) is 3.41. The molecule has 0 aliphatic carbocycles. The topological polar surface area (TPSA) is 58.2 Å². The molecule has 6 heteroatoms. The van der Waals surface area contributed by atoms with Crippen molar-refractivity contribution in [3.63, 3.8) is 0 Å². The van der Waals surface area contributed by atoms with Crippen LogP contribution in [0.2, 0.25) is 5.02 Å². The fourth-order valence-corrected chi connectivity index (χ4v) is 3.55. The van der Waals surface area contributed by atoms with Crippen molar-refractivity contribution in [2.45, 2.75) is 18.0 Å². The van der Waals surface area contributed by atoms with E-state index in [2.05, 4.69) is 10.0 Å². The summed E-state index contributed by atoms with van der Waals surface area (Å²) < 4.78 is 27.2. The van der Waals surface area contributed by atoms with Crippen LogP contribution in [0, 0.1) is 0 Å². The number of fused-ring (bicyclic) bond motifs is 1. The van der Waals surface area contributed by atoms with E-state index in [0.29, 0.717) is 17.3 Å². The average molecular weight is 309 g/mol. The summed E-state index contributed by atoms with van der Waals surface area (Å²) in [5.41, 5.74) is 2.54. The van der Waals surface area contributed by atoms with Crippen LogP contribution in [0.5, 0.6) is 0 Å². The van der Waals surface area contributed by atoms with E-state index in [4.69, 9.17) is 11.6 Å². The Hall–Kier alpha value is -1.56. The van der Waals surface area contributed by atoms with Gasteiger partial charge < -0.3 is 5.32 Å². The summed E-state index contributed by atoms with van der Waals surface area (Å²) in [7, 11) is -3.62. The molecule has 20 heavy (non-hydrogen) atoms. The molecular formula is C14H13ClN2O2S. The molecule has 4 nitrogen and oxygen atoms in total. The number of sulfonamides is 1. The maximum absolute atomic E-state index is 12.4. The molecule has 0 amide bonds. The van der Waals surface area contributed by atoms with Crippen LogP contribution in [0.4, 0.5) is 5.69 Å². The SMILES string of the molecule is O=S(=O)(Nc1ccccc1Cl)c1ccc2c(c1)CNC2. The van der Waals surface area contributed by atoms with E-state index in [1.54, 1.807) is 36.4 Å². The fraction of sp³-hybridized carbons (Fsp3) is 0.143. The molecular weight excluding hydrogens is 296 g/mol. The number of halogens is 1. The number of rotatable bonds is 3. The quantitative estimate of drug-likeness (QED) is 0.916. The number of benzene rings is 2. The molecule has 0 aromatic heterocycles. The summed E-state index contributed by atoms with van der Waals surface area (Å²) in [5.74, 6) is 0. The fourth-order valence-electron chi connectivity index (χ4n) is 2.19. The summed E-state index contributed by atoms with van der Waals surface area (Å²) in [6.07, 6.45) is 0. The Labute approximate surface area is 122 Å². The first-order chi connectivity index (χ1) is 9.56. The van der Waals surface area contributed by atoms with E-state index in [9.17, 15) is 8.42 Å². The molecule has 0 atom stereocenters. The van der Waals surface area contributed by atoms with Gasteiger partial charge in [-0.2, -0.15) is 0 Å². The first-order valence-corrected chi connectivity index (χ1v) is 8.02. The highest BCUT2D eigenvalue weighted by Gasteiger charge is 2.19. The second-order valence-corrected chi connectivity index (χ2v) is 6.71. The number of hydrogen-bond donors (Lipinski definition) is 2. The second kappa shape index (κ2) is 5.09. The van der Waals surface area contributed by atoms with E-state index in [-0.39, 0.29) is 4.90 Å². The Bertz CT molecular complexity index is 760. The minimum Gasteiger partial charge on any atom is -0.309 e. The van der Waals surface area contributed by atoms with E-state index in [1.807, 2.05) is 6.07 Å². The lowest BCUT2D eigenvalue weighted by atomic mass is 10.1. The number of nitrogens with one attached hydrogen (secondary N) is 2. The van der Waals surface area contributed by atoms with Gasteiger partial charge in [-0.15, -0.1) is 0 Å². The average Bonchev–Trinajstić information content (AvgIpc) is 2.88.